The van der Waals surface area contributed by atoms with Gasteiger partial charge < -0.3 is 15.3 Å². The summed E-state index contributed by atoms with van der Waals surface area (Å²) in [6.45, 7) is 0.279. The third kappa shape index (κ3) is 2.70. The number of fused-ring (bicyclic) bond motifs is 2. The first-order valence-corrected chi connectivity index (χ1v) is 8.37. The van der Waals surface area contributed by atoms with Gasteiger partial charge in [-0.15, -0.1) is 11.3 Å². The lowest BCUT2D eigenvalue weighted by Crippen LogP contribution is -2.23. The fraction of sp³-hybridized carbons (Fsp3) is 0.0625. The molecule has 120 valence electrons. The second kappa shape index (κ2) is 5.81. The molecule has 0 saturated heterocycles. The Labute approximate surface area is 144 Å². The highest BCUT2D eigenvalue weighted by Crippen LogP contribution is 2.22. The summed E-state index contributed by atoms with van der Waals surface area (Å²) < 4.78 is 15.1. The number of imidazole rings is 1. The van der Waals surface area contributed by atoms with Crippen LogP contribution in [-0.2, 0) is 6.54 Å². The highest BCUT2D eigenvalue weighted by atomic mass is 32.1. The standard InChI is InChI=1S/C16H11FN4OS2/c17-8-5-9(14-11(6-8)20-16(23)21-14)15(22)18-7-13-19-10-3-1-2-4-12(10)24-13/h1-6H,7H2,(H,18,22)(H2,20,21,23). The Morgan fingerprint density at radius 3 is 2.96 bits per heavy atom. The summed E-state index contributed by atoms with van der Waals surface area (Å²) >= 11 is 6.52. The molecular weight excluding hydrogens is 347 g/mol. The van der Waals surface area contributed by atoms with Crippen molar-refractivity contribution in [1.82, 2.24) is 20.3 Å². The lowest BCUT2D eigenvalue weighted by molar-refractivity contribution is 0.0952. The van der Waals surface area contributed by atoms with Crippen LogP contribution >= 0.6 is 23.6 Å². The number of benzene rings is 2. The smallest absolute Gasteiger partial charge is 0.253 e. The molecule has 0 fully saturated rings. The monoisotopic (exact) mass is 358 g/mol. The second-order valence-electron chi connectivity index (χ2n) is 5.21. The van der Waals surface area contributed by atoms with Crippen LogP contribution < -0.4 is 5.32 Å². The maximum absolute atomic E-state index is 13.7. The van der Waals surface area contributed by atoms with Gasteiger partial charge in [-0.05, 0) is 36.5 Å². The molecule has 0 unspecified atom stereocenters. The van der Waals surface area contributed by atoms with Crippen LogP contribution in [-0.4, -0.2) is 20.9 Å². The summed E-state index contributed by atoms with van der Waals surface area (Å²) in [7, 11) is 0. The number of hydrogen-bond donors (Lipinski definition) is 3. The minimum absolute atomic E-state index is 0.207. The molecule has 0 saturated carbocycles. The van der Waals surface area contributed by atoms with E-state index in [0.717, 1.165) is 15.2 Å². The van der Waals surface area contributed by atoms with Gasteiger partial charge in [-0.25, -0.2) is 9.37 Å². The lowest BCUT2D eigenvalue weighted by atomic mass is 10.1. The molecule has 2 heterocycles. The first-order chi connectivity index (χ1) is 11.6. The number of rotatable bonds is 3. The fourth-order valence-corrected chi connectivity index (χ4v) is 3.65. The van der Waals surface area contributed by atoms with Crippen molar-refractivity contribution in [2.45, 2.75) is 6.54 Å². The molecule has 2 aromatic heterocycles. The van der Waals surface area contributed by atoms with E-state index in [-0.39, 0.29) is 18.0 Å². The lowest BCUT2D eigenvalue weighted by Gasteiger charge is -2.04. The average Bonchev–Trinajstić information content (AvgIpc) is 3.13. The van der Waals surface area contributed by atoms with Crippen molar-refractivity contribution in [3.05, 3.63) is 57.6 Å². The molecule has 24 heavy (non-hydrogen) atoms. The molecule has 0 aliphatic rings. The van der Waals surface area contributed by atoms with Crippen LogP contribution in [0.1, 0.15) is 15.4 Å². The number of carbonyl (C=O) groups is 1. The van der Waals surface area contributed by atoms with Crippen molar-refractivity contribution < 1.29 is 9.18 Å². The molecule has 0 radical (unpaired) electrons. The quantitative estimate of drug-likeness (QED) is 0.486. The average molecular weight is 358 g/mol. The number of carbonyl (C=O) groups excluding carboxylic acids is 1. The number of halogens is 1. The minimum Gasteiger partial charge on any atom is -0.345 e. The molecule has 4 rings (SSSR count). The van der Waals surface area contributed by atoms with Crippen LogP contribution in [0.15, 0.2) is 36.4 Å². The third-order valence-electron chi connectivity index (χ3n) is 3.57. The molecular formula is C16H11FN4OS2. The Balaban J connectivity index is 1.61. The van der Waals surface area contributed by atoms with Crippen LogP contribution in [0.3, 0.4) is 0 Å². The van der Waals surface area contributed by atoms with Gasteiger partial charge in [0.25, 0.3) is 5.91 Å². The summed E-state index contributed by atoms with van der Waals surface area (Å²) in [6, 6.07) is 10.3. The summed E-state index contributed by atoms with van der Waals surface area (Å²) in [6.07, 6.45) is 0. The van der Waals surface area contributed by atoms with Crippen LogP contribution in [0.4, 0.5) is 4.39 Å². The SMILES string of the molecule is O=C(NCc1nc2ccccc2s1)c1cc(F)cc2[nH]c(=S)[nH]c12. The Kier molecular flexibility index (Phi) is 3.62. The van der Waals surface area contributed by atoms with E-state index < -0.39 is 5.82 Å². The first-order valence-electron chi connectivity index (χ1n) is 7.14. The van der Waals surface area contributed by atoms with Gasteiger partial charge in [-0.2, -0.15) is 0 Å². The summed E-state index contributed by atoms with van der Waals surface area (Å²) in [5.41, 5.74) is 2.06. The predicted octanol–water partition coefficient (Wildman–Crippen LogP) is 3.90. The molecule has 4 aromatic rings. The molecule has 1 amide bonds. The zero-order valence-corrected chi connectivity index (χ0v) is 13.9. The first kappa shape index (κ1) is 15.0. The maximum atomic E-state index is 13.7. The van der Waals surface area contributed by atoms with Crippen molar-refractivity contribution in [3.63, 3.8) is 0 Å². The highest BCUT2D eigenvalue weighted by molar-refractivity contribution is 7.71. The Hall–Kier alpha value is -2.58. The largest absolute Gasteiger partial charge is 0.345 e. The van der Waals surface area contributed by atoms with E-state index in [1.165, 1.54) is 23.5 Å². The Morgan fingerprint density at radius 1 is 1.29 bits per heavy atom. The summed E-state index contributed by atoms with van der Waals surface area (Å²) in [5.74, 6) is -0.887. The molecule has 5 nitrogen and oxygen atoms in total. The van der Waals surface area contributed by atoms with E-state index in [9.17, 15) is 9.18 Å². The highest BCUT2D eigenvalue weighted by Gasteiger charge is 2.14. The van der Waals surface area contributed by atoms with Crippen molar-refractivity contribution in [2.24, 2.45) is 0 Å². The van der Waals surface area contributed by atoms with E-state index in [2.05, 4.69) is 20.3 Å². The van der Waals surface area contributed by atoms with E-state index >= 15 is 0 Å². The minimum atomic E-state index is -0.502. The molecule has 0 bridgehead atoms. The van der Waals surface area contributed by atoms with Crippen molar-refractivity contribution in [3.8, 4) is 0 Å². The molecule has 0 spiro atoms. The Morgan fingerprint density at radius 2 is 2.12 bits per heavy atom. The molecule has 0 atom stereocenters. The van der Waals surface area contributed by atoms with Gasteiger partial charge in [0.05, 0.1) is 33.4 Å². The summed E-state index contributed by atoms with van der Waals surface area (Å²) in [5, 5.41) is 3.57. The number of thiazole rings is 1. The normalized spacial score (nSPS) is 11.2. The van der Waals surface area contributed by atoms with Gasteiger partial charge in [-0.3, -0.25) is 4.79 Å². The van der Waals surface area contributed by atoms with Crippen LogP contribution in [0, 0.1) is 10.6 Å². The number of aromatic nitrogens is 3. The number of para-hydroxylation sites is 1. The molecule has 3 N–H and O–H groups in total. The van der Waals surface area contributed by atoms with Crippen LogP contribution in [0.2, 0.25) is 0 Å². The van der Waals surface area contributed by atoms with E-state index in [0.29, 0.717) is 15.8 Å². The van der Waals surface area contributed by atoms with Crippen molar-refractivity contribution in [2.75, 3.05) is 0 Å². The number of nitrogens with one attached hydrogen (secondary N) is 3. The van der Waals surface area contributed by atoms with Gasteiger partial charge in [0.1, 0.15) is 10.8 Å². The summed E-state index contributed by atoms with van der Waals surface area (Å²) in [4.78, 5) is 22.6. The number of aromatic amines is 2. The van der Waals surface area contributed by atoms with E-state index in [1.807, 2.05) is 24.3 Å². The number of amides is 1. The zero-order chi connectivity index (χ0) is 16.7. The molecule has 0 aliphatic carbocycles. The van der Waals surface area contributed by atoms with Gasteiger partial charge in [0.2, 0.25) is 0 Å². The van der Waals surface area contributed by atoms with Gasteiger partial charge in [0, 0.05) is 0 Å². The topological polar surface area (TPSA) is 73.6 Å². The number of H-pyrrole nitrogens is 2. The maximum Gasteiger partial charge on any atom is 0.253 e. The van der Waals surface area contributed by atoms with E-state index in [4.69, 9.17) is 12.2 Å². The van der Waals surface area contributed by atoms with Gasteiger partial charge in [-0.1, -0.05) is 12.1 Å². The number of hydrogen-bond acceptors (Lipinski definition) is 4. The molecule has 0 aliphatic heterocycles. The zero-order valence-electron chi connectivity index (χ0n) is 12.2. The van der Waals surface area contributed by atoms with Crippen LogP contribution in [0.5, 0.6) is 0 Å². The molecule has 2 aromatic carbocycles. The predicted molar refractivity (Wildman–Crippen MR) is 94.2 cm³/mol. The van der Waals surface area contributed by atoms with Gasteiger partial charge in [0.15, 0.2) is 4.77 Å². The fourth-order valence-electron chi connectivity index (χ4n) is 2.53. The van der Waals surface area contributed by atoms with Crippen molar-refractivity contribution >= 4 is 50.7 Å². The molecule has 8 heteroatoms. The van der Waals surface area contributed by atoms with E-state index in [1.54, 1.807) is 0 Å². The second-order valence-corrected chi connectivity index (χ2v) is 6.74. The van der Waals surface area contributed by atoms with Crippen molar-refractivity contribution in [1.29, 1.82) is 0 Å². The Bertz CT molecular complexity index is 1090. The number of nitrogens with zero attached hydrogens (tertiary/aromatic N) is 1. The van der Waals surface area contributed by atoms with Gasteiger partial charge >= 0.3 is 0 Å². The third-order valence-corrected chi connectivity index (χ3v) is 4.81. The van der Waals surface area contributed by atoms with Crippen LogP contribution in [0.25, 0.3) is 21.3 Å².